The Hall–Kier alpha value is -1.84. The number of benzene rings is 1. The molecule has 19 heavy (non-hydrogen) atoms. The highest BCUT2D eigenvalue weighted by atomic mass is 16.2. The highest BCUT2D eigenvalue weighted by molar-refractivity contribution is 5.96. The van der Waals surface area contributed by atoms with Crippen molar-refractivity contribution in [2.45, 2.75) is 38.5 Å². The average molecular weight is 258 g/mol. The Kier molecular flexibility index (Phi) is 3.23. The molecular weight excluding hydrogens is 240 g/mol. The molecule has 0 atom stereocenters. The van der Waals surface area contributed by atoms with Crippen LogP contribution in [0, 0.1) is 5.92 Å². The SMILES string of the molecule is O=C(CC1CCC1)Nc1ccc2c(c1)NC(=O)CC2. The molecule has 0 bridgehead atoms. The second-order valence-electron chi connectivity index (χ2n) is 5.47. The van der Waals surface area contributed by atoms with Crippen molar-refractivity contribution in [3.8, 4) is 0 Å². The Labute approximate surface area is 112 Å². The molecule has 4 nitrogen and oxygen atoms in total. The third kappa shape index (κ3) is 2.78. The molecule has 1 saturated carbocycles. The zero-order valence-electron chi connectivity index (χ0n) is 10.9. The smallest absolute Gasteiger partial charge is 0.224 e. The molecule has 2 amide bonds. The summed E-state index contributed by atoms with van der Waals surface area (Å²) in [4.78, 5) is 23.2. The Balaban J connectivity index is 1.66. The maximum absolute atomic E-state index is 11.8. The van der Waals surface area contributed by atoms with Gasteiger partial charge in [-0.25, -0.2) is 0 Å². The van der Waals surface area contributed by atoms with Crippen LogP contribution in [-0.2, 0) is 16.0 Å². The molecule has 0 spiro atoms. The molecule has 2 aliphatic rings. The largest absolute Gasteiger partial charge is 0.326 e. The predicted octanol–water partition coefficient (Wildman–Crippen LogP) is 2.70. The number of anilines is 2. The van der Waals surface area contributed by atoms with Crippen LogP contribution in [0.2, 0.25) is 0 Å². The number of nitrogens with one attached hydrogen (secondary N) is 2. The molecule has 0 saturated heterocycles. The minimum absolute atomic E-state index is 0.0467. The molecule has 2 N–H and O–H groups in total. The standard InChI is InChI=1S/C15H18N2O2/c18-14-7-5-11-4-6-12(9-13(11)17-14)16-15(19)8-10-2-1-3-10/h4,6,9-10H,1-3,5,7-8H2,(H,16,19)(H,17,18). The lowest BCUT2D eigenvalue weighted by atomic mass is 9.83. The lowest BCUT2D eigenvalue weighted by Crippen LogP contribution is -2.22. The van der Waals surface area contributed by atoms with Crippen molar-refractivity contribution in [2.24, 2.45) is 5.92 Å². The van der Waals surface area contributed by atoms with Crippen LogP contribution in [0.5, 0.6) is 0 Å². The van der Waals surface area contributed by atoms with Crippen molar-refractivity contribution in [3.05, 3.63) is 23.8 Å². The van der Waals surface area contributed by atoms with E-state index in [9.17, 15) is 9.59 Å². The lowest BCUT2D eigenvalue weighted by Gasteiger charge is -2.24. The number of carbonyl (C=O) groups excluding carboxylic acids is 2. The van der Waals surface area contributed by atoms with Crippen molar-refractivity contribution >= 4 is 23.2 Å². The first-order chi connectivity index (χ1) is 9.20. The van der Waals surface area contributed by atoms with Gasteiger partial charge in [0.2, 0.25) is 11.8 Å². The first-order valence-corrected chi connectivity index (χ1v) is 6.93. The third-order valence-corrected chi connectivity index (χ3v) is 3.99. The number of amides is 2. The molecule has 1 aliphatic carbocycles. The van der Waals surface area contributed by atoms with Crippen molar-refractivity contribution in [1.82, 2.24) is 0 Å². The lowest BCUT2D eigenvalue weighted by molar-refractivity contribution is -0.118. The summed E-state index contributed by atoms with van der Waals surface area (Å²) in [6, 6.07) is 5.74. The van der Waals surface area contributed by atoms with E-state index < -0.39 is 0 Å². The van der Waals surface area contributed by atoms with E-state index in [1.54, 1.807) is 0 Å². The van der Waals surface area contributed by atoms with Crippen LogP contribution >= 0.6 is 0 Å². The molecule has 100 valence electrons. The fraction of sp³-hybridized carbons (Fsp3) is 0.467. The first kappa shape index (κ1) is 12.2. The van der Waals surface area contributed by atoms with E-state index in [4.69, 9.17) is 0 Å². The molecule has 3 rings (SSSR count). The van der Waals surface area contributed by atoms with Gasteiger partial charge in [-0.05, 0) is 42.9 Å². The Morgan fingerprint density at radius 2 is 2.16 bits per heavy atom. The molecule has 4 heteroatoms. The molecule has 0 aromatic heterocycles. The van der Waals surface area contributed by atoms with Gasteiger partial charge in [-0.3, -0.25) is 9.59 Å². The van der Waals surface area contributed by atoms with Crippen molar-refractivity contribution in [1.29, 1.82) is 0 Å². The summed E-state index contributed by atoms with van der Waals surface area (Å²) in [7, 11) is 0. The van der Waals surface area contributed by atoms with Crippen LogP contribution < -0.4 is 10.6 Å². The number of carbonyl (C=O) groups is 2. The van der Waals surface area contributed by atoms with E-state index in [-0.39, 0.29) is 11.8 Å². The second-order valence-corrected chi connectivity index (χ2v) is 5.47. The van der Waals surface area contributed by atoms with E-state index in [2.05, 4.69) is 10.6 Å². The summed E-state index contributed by atoms with van der Waals surface area (Å²) >= 11 is 0. The van der Waals surface area contributed by atoms with Gasteiger partial charge in [0.15, 0.2) is 0 Å². The quantitative estimate of drug-likeness (QED) is 0.875. The van der Waals surface area contributed by atoms with Crippen LogP contribution in [-0.4, -0.2) is 11.8 Å². The van der Waals surface area contributed by atoms with E-state index in [1.807, 2.05) is 18.2 Å². The predicted molar refractivity (Wildman–Crippen MR) is 74.0 cm³/mol. The Morgan fingerprint density at radius 1 is 1.32 bits per heavy atom. The summed E-state index contributed by atoms with van der Waals surface area (Å²) in [5.74, 6) is 0.689. The van der Waals surface area contributed by atoms with Gasteiger partial charge < -0.3 is 10.6 Å². The number of rotatable bonds is 3. The number of hydrogen-bond donors (Lipinski definition) is 2. The number of aryl methyl sites for hydroxylation is 1. The molecule has 1 aliphatic heterocycles. The van der Waals surface area contributed by atoms with Crippen LogP contribution in [0.15, 0.2) is 18.2 Å². The van der Waals surface area contributed by atoms with E-state index >= 15 is 0 Å². The molecule has 1 aromatic carbocycles. The minimum atomic E-state index is 0.0467. The molecule has 0 radical (unpaired) electrons. The van der Waals surface area contributed by atoms with Crippen LogP contribution in [0.4, 0.5) is 11.4 Å². The Morgan fingerprint density at radius 3 is 2.89 bits per heavy atom. The van der Waals surface area contributed by atoms with Gasteiger partial charge in [0, 0.05) is 24.2 Å². The maximum Gasteiger partial charge on any atom is 0.224 e. The zero-order valence-corrected chi connectivity index (χ0v) is 10.9. The van der Waals surface area contributed by atoms with Gasteiger partial charge in [0.1, 0.15) is 0 Å². The summed E-state index contributed by atoms with van der Waals surface area (Å²) in [6.45, 7) is 0. The highest BCUT2D eigenvalue weighted by Gasteiger charge is 2.21. The van der Waals surface area contributed by atoms with E-state index in [0.29, 0.717) is 18.8 Å². The van der Waals surface area contributed by atoms with Gasteiger partial charge in [-0.1, -0.05) is 12.5 Å². The molecule has 1 heterocycles. The summed E-state index contributed by atoms with van der Waals surface area (Å²) in [5, 5.41) is 5.76. The number of fused-ring (bicyclic) bond motifs is 1. The van der Waals surface area contributed by atoms with Gasteiger partial charge in [0.25, 0.3) is 0 Å². The summed E-state index contributed by atoms with van der Waals surface area (Å²) in [5.41, 5.74) is 2.74. The molecule has 1 aromatic rings. The van der Waals surface area contributed by atoms with E-state index in [1.165, 1.54) is 19.3 Å². The van der Waals surface area contributed by atoms with Crippen LogP contribution in [0.1, 0.15) is 37.7 Å². The monoisotopic (exact) mass is 258 g/mol. The average Bonchev–Trinajstić information content (AvgIpc) is 2.33. The van der Waals surface area contributed by atoms with Gasteiger partial charge in [0.05, 0.1) is 0 Å². The van der Waals surface area contributed by atoms with Gasteiger partial charge >= 0.3 is 0 Å². The second kappa shape index (κ2) is 5.03. The topological polar surface area (TPSA) is 58.2 Å². The molecule has 0 unspecified atom stereocenters. The van der Waals surface area contributed by atoms with Crippen LogP contribution in [0.3, 0.4) is 0 Å². The van der Waals surface area contributed by atoms with Crippen molar-refractivity contribution in [3.63, 3.8) is 0 Å². The Bertz CT molecular complexity index is 521. The molecule has 1 fully saturated rings. The van der Waals surface area contributed by atoms with Crippen LogP contribution in [0.25, 0.3) is 0 Å². The first-order valence-electron chi connectivity index (χ1n) is 6.93. The highest BCUT2D eigenvalue weighted by Crippen LogP contribution is 2.30. The van der Waals surface area contributed by atoms with Gasteiger partial charge in [-0.15, -0.1) is 0 Å². The minimum Gasteiger partial charge on any atom is -0.326 e. The summed E-state index contributed by atoms with van der Waals surface area (Å²) in [6.07, 6.45) is 5.53. The van der Waals surface area contributed by atoms with Gasteiger partial charge in [-0.2, -0.15) is 0 Å². The van der Waals surface area contributed by atoms with E-state index in [0.717, 1.165) is 23.4 Å². The zero-order chi connectivity index (χ0) is 13.2. The summed E-state index contributed by atoms with van der Waals surface area (Å²) < 4.78 is 0. The normalized spacial score (nSPS) is 18.2. The number of hydrogen-bond acceptors (Lipinski definition) is 2. The molecular formula is C15H18N2O2. The fourth-order valence-electron chi connectivity index (χ4n) is 2.62. The van der Waals surface area contributed by atoms with Crippen molar-refractivity contribution < 1.29 is 9.59 Å². The third-order valence-electron chi connectivity index (χ3n) is 3.99. The fourth-order valence-corrected chi connectivity index (χ4v) is 2.62. The maximum atomic E-state index is 11.8. The van der Waals surface area contributed by atoms with Crippen molar-refractivity contribution in [2.75, 3.05) is 10.6 Å².